The normalized spacial score (nSPS) is 11.2. The van der Waals surface area contributed by atoms with E-state index in [-0.39, 0.29) is 11.9 Å². The first kappa shape index (κ1) is 16.0. The van der Waals surface area contributed by atoms with Crippen LogP contribution in [0.15, 0.2) is 41.1 Å². The van der Waals surface area contributed by atoms with Gasteiger partial charge in [0.05, 0.1) is 22.5 Å². The molecule has 1 amide bonds. The first-order valence-electron chi connectivity index (χ1n) is 7.05. The molecule has 3 aromatic rings. The lowest BCUT2D eigenvalue weighted by Crippen LogP contribution is -2.12. The molecule has 118 valence electrons. The Balaban J connectivity index is 1.89. The summed E-state index contributed by atoms with van der Waals surface area (Å²) < 4.78 is 2.67. The number of fused-ring (bicyclic) bond motifs is 1. The zero-order valence-corrected chi connectivity index (χ0v) is 14.9. The lowest BCUT2D eigenvalue weighted by Gasteiger charge is -2.08. The van der Waals surface area contributed by atoms with Crippen LogP contribution in [0.25, 0.3) is 11.0 Å². The molecule has 0 saturated carbocycles. The van der Waals surface area contributed by atoms with E-state index in [2.05, 4.69) is 31.3 Å². The molecule has 1 N–H and O–H groups in total. The van der Waals surface area contributed by atoms with Crippen LogP contribution in [0.4, 0.5) is 5.69 Å². The van der Waals surface area contributed by atoms with Crippen molar-refractivity contribution in [1.29, 1.82) is 0 Å². The Morgan fingerprint density at radius 3 is 2.78 bits per heavy atom. The molecule has 0 saturated heterocycles. The Labute approximate surface area is 146 Å². The van der Waals surface area contributed by atoms with Crippen LogP contribution in [-0.2, 0) is 0 Å². The van der Waals surface area contributed by atoms with E-state index in [0.29, 0.717) is 16.3 Å². The molecule has 23 heavy (non-hydrogen) atoms. The van der Waals surface area contributed by atoms with Crippen molar-refractivity contribution in [3.63, 3.8) is 0 Å². The smallest absolute Gasteiger partial charge is 0.257 e. The predicted molar refractivity (Wildman–Crippen MR) is 95.0 cm³/mol. The summed E-state index contributed by atoms with van der Waals surface area (Å²) >= 11 is 9.45. The van der Waals surface area contributed by atoms with Crippen LogP contribution in [-0.4, -0.2) is 20.7 Å². The van der Waals surface area contributed by atoms with E-state index >= 15 is 0 Å². The van der Waals surface area contributed by atoms with Gasteiger partial charge in [-0.05, 0) is 38.1 Å². The topological polar surface area (TPSA) is 59.8 Å². The van der Waals surface area contributed by atoms with Gasteiger partial charge in [0.2, 0.25) is 0 Å². The Hall–Kier alpha value is -1.92. The summed E-state index contributed by atoms with van der Waals surface area (Å²) in [6.07, 6.45) is 3.26. The Morgan fingerprint density at radius 2 is 2.09 bits per heavy atom. The zero-order chi connectivity index (χ0) is 16.6. The van der Waals surface area contributed by atoms with Crippen LogP contribution in [0.5, 0.6) is 0 Å². The second kappa shape index (κ2) is 6.29. The van der Waals surface area contributed by atoms with E-state index in [0.717, 1.165) is 15.5 Å². The first-order chi connectivity index (χ1) is 11.0. The number of nitrogens with zero attached hydrogens (tertiary/aromatic N) is 3. The molecule has 1 aromatic carbocycles. The van der Waals surface area contributed by atoms with Gasteiger partial charge in [-0.25, -0.2) is 9.67 Å². The summed E-state index contributed by atoms with van der Waals surface area (Å²) in [6, 6.07) is 7.27. The summed E-state index contributed by atoms with van der Waals surface area (Å²) in [6.45, 7) is 4.06. The number of nitrogens with one attached hydrogen (secondary N) is 1. The Kier molecular flexibility index (Phi) is 4.37. The van der Waals surface area contributed by atoms with E-state index in [1.165, 1.54) is 0 Å². The van der Waals surface area contributed by atoms with Crippen molar-refractivity contribution in [1.82, 2.24) is 14.8 Å². The highest BCUT2D eigenvalue weighted by molar-refractivity contribution is 9.10. The van der Waals surface area contributed by atoms with Gasteiger partial charge in [-0.15, -0.1) is 0 Å². The average Bonchev–Trinajstić information content (AvgIpc) is 2.93. The number of pyridine rings is 1. The molecule has 0 aliphatic rings. The van der Waals surface area contributed by atoms with Gasteiger partial charge in [-0.3, -0.25) is 4.79 Å². The quantitative estimate of drug-likeness (QED) is 0.703. The van der Waals surface area contributed by atoms with E-state index in [1.807, 2.05) is 24.6 Å². The minimum atomic E-state index is -0.263. The van der Waals surface area contributed by atoms with Crippen molar-refractivity contribution < 1.29 is 4.79 Å². The van der Waals surface area contributed by atoms with Gasteiger partial charge in [0.25, 0.3) is 5.91 Å². The summed E-state index contributed by atoms with van der Waals surface area (Å²) in [4.78, 5) is 16.7. The lowest BCUT2D eigenvalue weighted by atomic mass is 10.2. The Bertz CT molecular complexity index is 891. The summed E-state index contributed by atoms with van der Waals surface area (Å²) in [5.74, 6) is -0.263. The number of hydrogen-bond acceptors (Lipinski definition) is 3. The number of hydrogen-bond donors (Lipinski definition) is 1. The largest absolute Gasteiger partial charge is 0.321 e. The molecule has 0 spiro atoms. The number of amides is 1. The van der Waals surface area contributed by atoms with Gasteiger partial charge in [-0.1, -0.05) is 27.5 Å². The van der Waals surface area contributed by atoms with Crippen LogP contribution >= 0.6 is 27.5 Å². The number of carbonyl (C=O) groups excluding carboxylic acids is 1. The average molecular weight is 394 g/mol. The van der Waals surface area contributed by atoms with Crippen molar-refractivity contribution in [2.75, 3.05) is 5.32 Å². The molecule has 7 heteroatoms. The monoisotopic (exact) mass is 392 g/mol. The van der Waals surface area contributed by atoms with Gasteiger partial charge >= 0.3 is 0 Å². The van der Waals surface area contributed by atoms with Crippen LogP contribution in [0.3, 0.4) is 0 Å². The predicted octanol–water partition coefficient (Wildman–Crippen LogP) is 4.68. The maximum Gasteiger partial charge on any atom is 0.257 e. The van der Waals surface area contributed by atoms with Crippen molar-refractivity contribution in [3.05, 3.63) is 51.7 Å². The third-order valence-electron chi connectivity index (χ3n) is 3.36. The molecule has 0 bridgehead atoms. The fraction of sp³-hybridized carbons (Fsp3) is 0.188. The first-order valence-corrected chi connectivity index (χ1v) is 8.22. The maximum absolute atomic E-state index is 12.4. The van der Waals surface area contributed by atoms with Crippen LogP contribution < -0.4 is 5.32 Å². The molecule has 3 rings (SSSR count). The number of benzene rings is 1. The van der Waals surface area contributed by atoms with Crippen molar-refractivity contribution in [2.45, 2.75) is 19.9 Å². The highest BCUT2D eigenvalue weighted by Gasteiger charge is 2.13. The van der Waals surface area contributed by atoms with Gasteiger partial charge in [0.1, 0.15) is 0 Å². The Morgan fingerprint density at radius 1 is 1.30 bits per heavy atom. The molecule has 0 atom stereocenters. The van der Waals surface area contributed by atoms with Crippen LogP contribution in [0, 0.1) is 0 Å². The zero-order valence-electron chi connectivity index (χ0n) is 12.5. The molecule has 0 fully saturated rings. The number of rotatable bonds is 3. The van der Waals surface area contributed by atoms with Crippen molar-refractivity contribution in [2.24, 2.45) is 0 Å². The second-order valence-electron chi connectivity index (χ2n) is 5.40. The maximum atomic E-state index is 12.4. The molecule has 0 radical (unpaired) electrons. The highest BCUT2D eigenvalue weighted by atomic mass is 79.9. The fourth-order valence-electron chi connectivity index (χ4n) is 2.23. The van der Waals surface area contributed by atoms with Crippen molar-refractivity contribution in [3.8, 4) is 0 Å². The molecule has 5 nitrogen and oxygen atoms in total. The third kappa shape index (κ3) is 3.23. The molecule has 0 aliphatic carbocycles. The van der Waals surface area contributed by atoms with Crippen molar-refractivity contribution >= 4 is 50.2 Å². The van der Waals surface area contributed by atoms with Gasteiger partial charge in [0, 0.05) is 22.1 Å². The molecule has 0 unspecified atom stereocenters. The third-order valence-corrected chi connectivity index (χ3v) is 4.17. The lowest BCUT2D eigenvalue weighted by molar-refractivity contribution is 0.102. The summed E-state index contributed by atoms with van der Waals surface area (Å²) in [5, 5.41) is 8.38. The van der Waals surface area contributed by atoms with E-state index < -0.39 is 0 Å². The highest BCUT2D eigenvalue weighted by Crippen LogP contribution is 2.26. The van der Waals surface area contributed by atoms with Crippen LogP contribution in [0.1, 0.15) is 30.2 Å². The molecule has 2 heterocycles. The molecular formula is C16H14BrClN4O. The van der Waals surface area contributed by atoms with Gasteiger partial charge in [-0.2, -0.15) is 5.10 Å². The fourth-order valence-corrected chi connectivity index (χ4v) is 2.95. The standard InChI is InChI=1S/C16H14BrClN4O/c1-9(2)22-15-10(8-20-22)5-11(7-19-15)16(23)21-14-4-3-12(17)6-13(14)18/h3-9H,1-2H3,(H,21,23). The number of anilines is 1. The van der Waals surface area contributed by atoms with E-state index in [9.17, 15) is 4.79 Å². The number of aromatic nitrogens is 3. The van der Waals surface area contributed by atoms with E-state index in [4.69, 9.17) is 11.6 Å². The summed E-state index contributed by atoms with van der Waals surface area (Å²) in [5.41, 5.74) is 1.77. The minimum Gasteiger partial charge on any atom is -0.321 e. The molecule has 2 aromatic heterocycles. The van der Waals surface area contributed by atoms with Crippen LogP contribution in [0.2, 0.25) is 5.02 Å². The SMILES string of the molecule is CC(C)n1ncc2cc(C(=O)Nc3ccc(Br)cc3Cl)cnc21. The molecule has 0 aliphatic heterocycles. The minimum absolute atomic E-state index is 0.209. The van der Waals surface area contributed by atoms with E-state index in [1.54, 1.807) is 30.6 Å². The van der Waals surface area contributed by atoms with Gasteiger partial charge in [0.15, 0.2) is 5.65 Å². The molecular weight excluding hydrogens is 380 g/mol. The number of carbonyl (C=O) groups is 1. The number of halogens is 2. The van der Waals surface area contributed by atoms with Gasteiger partial charge < -0.3 is 5.32 Å². The second-order valence-corrected chi connectivity index (χ2v) is 6.72. The summed E-state index contributed by atoms with van der Waals surface area (Å²) in [7, 11) is 0.